The van der Waals surface area contributed by atoms with Gasteiger partial charge in [-0.2, -0.15) is 0 Å². The Kier molecular flexibility index (Phi) is 6.16. The highest BCUT2D eigenvalue weighted by atomic mass is 32.1. The van der Waals surface area contributed by atoms with Crippen LogP contribution >= 0.6 is 11.3 Å². The molecule has 0 saturated carbocycles. The van der Waals surface area contributed by atoms with Gasteiger partial charge in [0.15, 0.2) is 0 Å². The lowest BCUT2D eigenvalue weighted by molar-refractivity contribution is -0.133. The van der Waals surface area contributed by atoms with Crippen molar-refractivity contribution < 1.29 is 9.53 Å². The van der Waals surface area contributed by atoms with Crippen molar-refractivity contribution in [3.05, 3.63) is 58.3 Å². The van der Waals surface area contributed by atoms with E-state index >= 15 is 0 Å². The van der Waals surface area contributed by atoms with E-state index in [1.165, 1.54) is 4.88 Å². The zero-order valence-corrected chi connectivity index (χ0v) is 14.1. The first-order valence-corrected chi connectivity index (χ1v) is 8.45. The fourth-order valence-corrected chi connectivity index (χ4v) is 3.13. The van der Waals surface area contributed by atoms with E-state index in [1.807, 2.05) is 41.8 Å². The van der Waals surface area contributed by atoms with E-state index in [9.17, 15) is 4.79 Å². The molecule has 2 atom stereocenters. The molecule has 118 valence electrons. The van der Waals surface area contributed by atoms with Crippen molar-refractivity contribution in [2.45, 2.75) is 39.5 Å². The van der Waals surface area contributed by atoms with Crippen LogP contribution in [0.3, 0.4) is 0 Å². The van der Waals surface area contributed by atoms with E-state index in [0.717, 1.165) is 5.56 Å². The third-order valence-corrected chi connectivity index (χ3v) is 4.48. The van der Waals surface area contributed by atoms with Gasteiger partial charge in [-0.3, -0.25) is 4.79 Å². The van der Waals surface area contributed by atoms with Gasteiger partial charge in [-0.25, -0.2) is 0 Å². The molecular formula is C18H23NO2S. The van der Waals surface area contributed by atoms with Crippen LogP contribution in [0.4, 0.5) is 0 Å². The maximum absolute atomic E-state index is 12.3. The molecule has 0 aliphatic heterocycles. The number of hydrogen-bond acceptors (Lipinski definition) is 3. The summed E-state index contributed by atoms with van der Waals surface area (Å²) in [5, 5.41) is 5.14. The van der Waals surface area contributed by atoms with Crippen LogP contribution in [0.5, 0.6) is 0 Å². The second kappa shape index (κ2) is 8.11. The lowest BCUT2D eigenvalue weighted by Gasteiger charge is -2.23. The Bertz CT molecular complexity index is 566. The highest BCUT2D eigenvalue weighted by Crippen LogP contribution is 2.25. The summed E-state index contributed by atoms with van der Waals surface area (Å²) in [6.07, 6.45) is -0.471. The molecule has 4 heteroatoms. The average Bonchev–Trinajstić information content (AvgIpc) is 3.04. The van der Waals surface area contributed by atoms with Crippen LogP contribution in [0.25, 0.3) is 0 Å². The largest absolute Gasteiger partial charge is 0.364 e. The highest BCUT2D eigenvalue weighted by molar-refractivity contribution is 7.10. The van der Waals surface area contributed by atoms with Crippen molar-refractivity contribution in [1.82, 2.24) is 5.32 Å². The maximum Gasteiger partial charge on any atom is 0.249 e. The molecule has 0 bridgehead atoms. The Labute approximate surface area is 136 Å². The first kappa shape index (κ1) is 16.7. The lowest BCUT2D eigenvalue weighted by atomic mass is 10.0. The highest BCUT2D eigenvalue weighted by Gasteiger charge is 2.22. The van der Waals surface area contributed by atoms with Crippen molar-refractivity contribution >= 4 is 17.2 Å². The number of amides is 1. The first-order valence-electron chi connectivity index (χ1n) is 7.57. The molecule has 0 fully saturated rings. The lowest BCUT2D eigenvalue weighted by Crippen LogP contribution is -2.38. The number of rotatable bonds is 7. The molecule has 3 nitrogen and oxygen atoms in total. The fraction of sp³-hybridized carbons (Fsp3) is 0.389. The molecule has 0 aliphatic rings. The van der Waals surface area contributed by atoms with E-state index in [2.05, 4.69) is 25.2 Å². The second-order valence-electron chi connectivity index (χ2n) is 5.68. The molecule has 1 N–H and O–H groups in total. The first-order chi connectivity index (χ1) is 10.6. The van der Waals surface area contributed by atoms with Crippen LogP contribution in [-0.4, -0.2) is 12.0 Å². The summed E-state index contributed by atoms with van der Waals surface area (Å²) in [6, 6.07) is 14.0. The smallest absolute Gasteiger partial charge is 0.249 e. The Balaban J connectivity index is 1.89. The van der Waals surface area contributed by atoms with Gasteiger partial charge in [0.1, 0.15) is 6.10 Å². The molecule has 1 aromatic heterocycles. The zero-order valence-electron chi connectivity index (χ0n) is 13.3. The summed E-state index contributed by atoms with van der Waals surface area (Å²) in [6.45, 7) is 6.46. The molecule has 1 heterocycles. The summed E-state index contributed by atoms with van der Waals surface area (Å²) in [5.74, 6) is 0.270. The van der Waals surface area contributed by atoms with Crippen molar-refractivity contribution in [1.29, 1.82) is 0 Å². The standard InChI is InChI=1S/C18H23NO2S/c1-13(2)17(16-10-7-11-22-16)19-18(20)14(3)21-12-15-8-5-4-6-9-15/h4-11,13-14,17H,12H2,1-3H3,(H,19,20)/t14-,17+/m1/s1. The Morgan fingerprint density at radius 2 is 1.86 bits per heavy atom. The summed E-state index contributed by atoms with van der Waals surface area (Å²) in [4.78, 5) is 13.5. The van der Waals surface area contributed by atoms with Gasteiger partial charge in [-0.1, -0.05) is 50.2 Å². The van der Waals surface area contributed by atoms with E-state index in [4.69, 9.17) is 4.74 Å². The van der Waals surface area contributed by atoms with E-state index in [-0.39, 0.29) is 11.9 Å². The van der Waals surface area contributed by atoms with Gasteiger partial charge >= 0.3 is 0 Å². The molecular weight excluding hydrogens is 294 g/mol. The predicted octanol–water partition coefficient (Wildman–Crippen LogP) is 4.17. The monoisotopic (exact) mass is 317 g/mol. The summed E-state index contributed by atoms with van der Waals surface area (Å²) < 4.78 is 5.68. The van der Waals surface area contributed by atoms with Crippen LogP contribution in [0.15, 0.2) is 47.8 Å². The van der Waals surface area contributed by atoms with Crippen LogP contribution in [-0.2, 0) is 16.1 Å². The molecule has 2 rings (SSSR count). The molecule has 0 saturated heterocycles. The van der Waals surface area contributed by atoms with Gasteiger partial charge in [-0.15, -0.1) is 11.3 Å². The Morgan fingerprint density at radius 3 is 2.45 bits per heavy atom. The van der Waals surface area contributed by atoms with E-state index < -0.39 is 6.10 Å². The SMILES string of the molecule is CC(C)[C@H](NC(=O)[C@@H](C)OCc1ccccc1)c1cccs1. The molecule has 1 amide bonds. The number of thiophene rings is 1. The van der Waals surface area contributed by atoms with Crippen molar-refractivity contribution in [3.8, 4) is 0 Å². The van der Waals surface area contributed by atoms with Crippen LogP contribution in [0.1, 0.15) is 37.3 Å². The number of benzene rings is 1. The summed E-state index contributed by atoms with van der Waals surface area (Å²) in [5.41, 5.74) is 1.07. The van der Waals surface area contributed by atoms with Crippen LogP contribution in [0, 0.1) is 5.92 Å². The van der Waals surface area contributed by atoms with E-state index in [1.54, 1.807) is 18.3 Å². The van der Waals surface area contributed by atoms with Crippen molar-refractivity contribution in [3.63, 3.8) is 0 Å². The molecule has 0 radical (unpaired) electrons. The quantitative estimate of drug-likeness (QED) is 0.832. The minimum atomic E-state index is -0.471. The number of carbonyl (C=O) groups excluding carboxylic acids is 1. The molecule has 1 aromatic carbocycles. The molecule has 2 aromatic rings. The van der Waals surface area contributed by atoms with Crippen molar-refractivity contribution in [2.75, 3.05) is 0 Å². The normalized spacial score (nSPS) is 13.8. The van der Waals surface area contributed by atoms with Crippen LogP contribution < -0.4 is 5.32 Å². The van der Waals surface area contributed by atoms with Crippen LogP contribution in [0.2, 0.25) is 0 Å². The minimum absolute atomic E-state index is 0.0373. The predicted molar refractivity (Wildman–Crippen MR) is 90.7 cm³/mol. The number of hydrogen-bond donors (Lipinski definition) is 1. The maximum atomic E-state index is 12.3. The Hall–Kier alpha value is -1.65. The van der Waals surface area contributed by atoms with E-state index in [0.29, 0.717) is 12.5 Å². The summed E-state index contributed by atoms with van der Waals surface area (Å²) in [7, 11) is 0. The summed E-state index contributed by atoms with van der Waals surface area (Å²) >= 11 is 1.67. The molecule has 22 heavy (non-hydrogen) atoms. The third-order valence-electron chi connectivity index (χ3n) is 3.53. The molecule has 0 unspecified atom stereocenters. The van der Waals surface area contributed by atoms with Crippen molar-refractivity contribution in [2.24, 2.45) is 5.92 Å². The van der Waals surface area contributed by atoms with Gasteiger partial charge in [0.05, 0.1) is 12.6 Å². The number of nitrogens with one attached hydrogen (secondary N) is 1. The Morgan fingerprint density at radius 1 is 1.14 bits per heavy atom. The molecule has 0 aliphatic carbocycles. The number of ether oxygens (including phenoxy) is 1. The second-order valence-corrected chi connectivity index (χ2v) is 6.66. The molecule has 0 spiro atoms. The average molecular weight is 317 g/mol. The van der Waals surface area contributed by atoms with Gasteiger partial charge in [0, 0.05) is 4.88 Å². The number of carbonyl (C=O) groups is 1. The van der Waals surface area contributed by atoms with Gasteiger partial charge in [-0.05, 0) is 29.9 Å². The minimum Gasteiger partial charge on any atom is -0.364 e. The van der Waals surface area contributed by atoms with Gasteiger partial charge in [0.2, 0.25) is 5.91 Å². The van der Waals surface area contributed by atoms with Gasteiger partial charge in [0.25, 0.3) is 0 Å². The van der Waals surface area contributed by atoms with Gasteiger partial charge < -0.3 is 10.1 Å². The fourth-order valence-electron chi connectivity index (χ4n) is 2.18. The topological polar surface area (TPSA) is 38.3 Å². The third kappa shape index (κ3) is 4.68. The zero-order chi connectivity index (χ0) is 15.9.